The Kier molecular flexibility index (Phi) is 5.94. The maximum atomic E-state index is 12.9. The van der Waals surface area contributed by atoms with Gasteiger partial charge in [0, 0.05) is 30.8 Å². The summed E-state index contributed by atoms with van der Waals surface area (Å²) >= 11 is 0. The molecule has 9 heteroatoms. The lowest BCUT2D eigenvalue weighted by Gasteiger charge is -2.08. The minimum Gasteiger partial charge on any atom is -0.465 e. The van der Waals surface area contributed by atoms with Crippen LogP contribution in [0.4, 0.5) is 10.1 Å². The van der Waals surface area contributed by atoms with E-state index >= 15 is 0 Å². The minimum atomic E-state index is -0.880. The molecule has 0 bridgehead atoms. The highest BCUT2D eigenvalue weighted by molar-refractivity contribution is 5.95. The van der Waals surface area contributed by atoms with Gasteiger partial charge in [0.05, 0.1) is 17.6 Å². The first-order valence-electron chi connectivity index (χ1n) is 7.59. The van der Waals surface area contributed by atoms with Gasteiger partial charge in [-0.1, -0.05) is 0 Å². The number of benzene rings is 1. The van der Waals surface area contributed by atoms with Crippen molar-refractivity contribution in [1.82, 2.24) is 4.57 Å². The van der Waals surface area contributed by atoms with Gasteiger partial charge in [-0.2, -0.15) is 0 Å². The summed E-state index contributed by atoms with van der Waals surface area (Å²) in [5, 5.41) is 11.0. The molecule has 0 radical (unpaired) electrons. The van der Waals surface area contributed by atoms with Gasteiger partial charge in [0.15, 0.2) is 5.78 Å². The Morgan fingerprint density at radius 1 is 1.23 bits per heavy atom. The first kappa shape index (κ1) is 19.0. The Bertz CT molecular complexity index is 904. The van der Waals surface area contributed by atoms with Crippen molar-refractivity contribution in [3.05, 3.63) is 73.9 Å². The van der Waals surface area contributed by atoms with Crippen LogP contribution in [-0.2, 0) is 11.3 Å². The van der Waals surface area contributed by atoms with Gasteiger partial charge in [-0.05, 0) is 30.7 Å². The first-order chi connectivity index (χ1) is 12.3. The average molecular weight is 362 g/mol. The molecule has 0 atom stereocenters. The highest BCUT2D eigenvalue weighted by Gasteiger charge is 2.20. The van der Waals surface area contributed by atoms with E-state index < -0.39 is 28.0 Å². The molecule has 1 aromatic carbocycles. The smallest absolute Gasteiger partial charge is 0.339 e. The summed E-state index contributed by atoms with van der Waals surface area (Å²) in [6.45, 7) is -0.00254. The summed E-state index contributed by atoms with van der Waals surface area (Å²) in [5.41, 5.74) is -1.44. The molecule has 0 spiro atoms. The van der Waals surface area contributed by atoms with Gasteiger partial charge in [-0.3, -0.25) is 19.7 Å². The lowest BCUT2D eigenvalue weighted by atomic mass is 10.1. The normalized spacial score (nSPS) is 10.4. The summed E-state index contributed by atoms with van der Waals surface area (Å²) < 4.78 is 18.4. The Labute approximate surface area is 147 Å². The van der Waals surface area contributed by atoms with Crippen LogP contribution in [0.1, 0.15) is 33.6 Å². The van der Waals surface area contributed by atoms with Gasteiger partial charge in [-0.25, -0.2) is 9.18 Å². The zero-order valence-corrected chi connectivity index (χ0v) is 13.8. The zero-order valence-electron chi connectivity index (χ0n) is 13.8. The van der Waals surface area contributed by atoms with E-state index in [9.17, 15) is 28.9 Å². The van der Waals surface area contributed by atoms with Crippen molar-refractivity contribution in [3.8, 4) is 0 Å². The van der Waals surface area contributed by atoms with E-state index in [4.69, 9.17) is 0 Å². The van der Waals surface area contributed by atoms with Gasteiger partial charge >= 0.3 is 17.2 Å². The molecule has 2 aromatic rings. The van der Waals surface area contributed by atoms with E-state index in [0.717, 1.165) is 23.9 Å². The predicted molar refractivity (Wildman–Crippen MR) is 88.7 cm³/mol. The van der Waals surface area contributed by atoms with Crippen LogP contribution < -0.4 is 5.56 Å². The van der Waals surface area contributed by atoms with Crippen LogP contribution in [0.3, 0.4) is 0 Å². The first-order valence-corrected chi connectivity index (χ1v) is 7.59. The molecule has 26 heavy (non-hydrogen) atoms. The number of nitrogens with zero attached hydrogens (tertiary/aromatic N) is 2. The molecule has 8 nitrogen and oxygen atoms in total. The van der Waals surface area contributed by atoms with Crippen LogP contribution in [0.15, 0.2) is 41.3 Å². The number of pyridine rings is 1. The maximum absolute atomic E-state index is 12.9. The summed E-state index contributed by atoms with van der Waals surface area (Å²) in [6, 6.07) is 5.90. The molecule has 0 aliphatic carbocycles. The number of Topliss-reactive ketones (excluding diaryl/α,β-unsaturated/α-hetero) is 1. The van der Waals surface area contributed by atoms with Crippen molar-refractivity contribution in [1.29, 1.82) is 0 Å². The van der Waals surface area contributed by atoms with E-state index in [1.165, 1.54) is 24.3 Å². The Morgan fingerprint density at radius 2 is 1.88 bits per heavy atom. The molecule has 0 amide bonds. The topological polar surface area (TPSA) is 109 Å². The molecule has 0 unspecified atom stereocenters. The van der Waals surface area contributed by atoms with Crippen LogP contribution in [0, 0.1) is 15.9 Å². The number of aromatic nitrogens is 1. The SMILES string of the molecule is COC(=O)c1cc([N+](=O)[O-])c(=O)n(CCCC(=O)c2ccc(F)cc2)c1. The summed E-state index contributed by atoms with van der Waals surface area (Å²) in [5.74, 6) is -1.53. The highest BCUT2D eigenvalue weighted by atomic mass is 19.1. The van der Waals surface area contributed by atoms with E-state index in [-0.39, 0.29) is 30.7 Å². The molecule has 0 N–H and O–H groups in total. The molecule has 0 saturated carbocycles. The fourth-order valence-electron chi connectivity index (χ4n) is 2.34. The van der Waals surface area contributed by atoms with Crippen LogP contribution in [-0.4, -0.2) is 28.4 Å². The zero-order chi connectivity index (χ0) is 19.3. The lowest BCUT2D eigenvalue weighted by Crippen LogP contribution is -2.24. The van der Waals surface area contributed by atoms with E-state index in [0.29, 0.717) is 5.56 Å². The number of ether oxygens (including phenoxy) is 1. The number of nitro groups is 1. The summed E-state index contributed by atoms with van der Waals surface area (Å²) in [6.07, 6.45) is 1.41. The second kappa shape index (κ2) is 8.15. The monoisotopic (exact) mass is 362 g/mol. The Balaban J connectivity index is 2.15. The van der Waals surface area contributed by atoms with Crippen LogP contribution in [0.25, 0.3) is 0 Å². The fraction of sp³-hybridized carbons (Fsp3) is 0.235. The molecular formula is C17H15FN2O6. The van der Waals surface area contributed by atoms with Gasteiger partial charge in [0.2, 0.25) is 0 Å². The predicted octanol–water partition coefficient (Wildman–Crippen LogP) is 2.35. The van der Waals surface area contributed by atoms with Gasteiger partial charge in [0.25, 0.3) is 0 Å². The third-order valence-corrected chi connectivity index (χ3v) is 3.65. The van der Waals surface area contributed by atoms with E-state index in [1.807, 2.05) is 0 Å². The number of hydrogen-bond donors (Lipinski definition) is 0. The van der Waals surface area contributed by atoms with Crippen LogP contribution >= 0.6 is 0 Å². The van der Waals surface area contributed by atoms with Crippen molar-refractivity contribution >= 4 is 17.4 Å². The molecule has 1 aromatic heterocycles. The standard InChI is InChI=1S/C17H15FN2O6/c1-26-17(23)12-9-14(20(24)25)16(22)19(10-12)8-2-3-15(21)11-4-6-13(18)7-5-11/h4-7,9-10H,2-3,8H2,1H3. The van der Waals surface area contributed by atoms with Crippen molar-refractivity contribution in [2.24, 2.45) is 0 Å². The Morgan fingerprint density at radius 3 is 2.46 bits per heavy atom. The van der Waals surface area contributed by atoms with Crippen LogP contribution in [0.5, 0.6) is 0 Å². The van der Waals surface area contributed by atoms with Crippen LogP contribution in [0.2, 0.25) is 0 Å². The highest BCUT2D eigenvalue weighted by Crippen LogP contribution is 2.11. The van der Waals surface area contributed by atoms with Gasteiger partial charge in [0.1, 0.15) is 5.82 Å². The van der Waals surface area contributed by atoms with E-state index in [2.05, 4.69) is 4.74 Å². The maximum Gasteiger partial charge on any atom is 0.339 e. The number of esters is 1. The Hall–Kier alpha value is -3.36. The van der Waals surface area contributed by atoms with Crippen molar-refractivity contribution in [2.45, 2.75) is 19.4 Å². The third-order valence-electron chi connectivity index (χ3n) is 3.65. The molecular weight excluding hydrogens is 347 g/mol. The number of carbonyl (C=O) groups is 2. The third kappa shape index (κ3) is 4.38. The largest absolute Gasteiger partial charge is 0.465 e. The second-order valence-electron chi connectivity index (χ2n) is 5.39. The number of halogens is 1. The molecule has 0 aliphatic rings. The molecule has 1 heterocycles. The molecule has 0 aliphatic heterocycles. The quantitative estimate of drug-likeness (QED) is 0.324. The number of rotatable bonds is 7. The average Bonchev–Trinajstić information content (AvgIpc) is 2.62. The fourth-order valence-corrected chi connectivity index (χ4v) is 2.34. The number of ketones is 1. The lowest BCUT2D eigenvalue weighted by molar-refractivity contribution is -0.386. The van der Waals surface area contributed by atoms with Crippen molar-refractivity contribution in [3.63, 3.8) is 0 Å². The van der Waals surface area contributed by atoms with Crippen molar-refractivity contribution < 1.29 is 23.6 Å². The number of aryl methyl sites for hydroxylation is 1. The van der Waals surface area contributed by atoms with Gasteiger partial charge < -0.3 is 9.30 Å². The van der Waals surface area contributed by atoms with E-state index in [1.54, 1.807) is 0 Å². The molecule has 2 rings (SSSR count). The second-order valence-corrected chi connectivity index (χ2v) is 5.39. The number of carbonyl (C=O) groups excluding carboxylic acids is 2. The minimum absolute atomic E-state index is 0.00254. The molecule has 0 fully saturated rings. The summed E-state index contributed by atoms with van der Waals surface area (Å²) in [7, 11) is 1.12. The number of methoxy groups -OCH3 is 1. The summed E-state index contributed by atoms with van der Waals surface area (Å²) in [4.78, 5) is 45.8. The molecule has 0 saturated heterocycles. The molecule has 136 valence electrons. The van der Waals surface area contributed by atoms with Crippen molar-refractivity contribution in [2.75, 3.05) is 7.11 Å². The number of hydrogen-bond acceptors (Lipinski definition) is 6. The van der Waals surface area contributed by atoms with Gasteiger partial charge in [-0.15, -0.1) is 0 Å².